The molecule has 0 saturated carbocycles. The van der Waals surface area contributed by atoms with Crippen LogP contribution < -0.4 is 4.74 Å². The van der Waals surface area contributed by atoms with Crippen LogP contribution >= 0.6 is 11.6 Å². The van der Waals surface area contributed by atoms with Crippen molar-refractivity contribution in [2.75, 3.05) is 13.7 Å². The number of halogens is 2. The van der Waals surface area contributed by atoms with Gasteiger partial charge in [-0.1, -0.05) is 35.9 Å². The second-order valence-electron chi connectivity index (χ2n) is 7.81. The third kappa shape index (κ3) is 4.47. The monoisotopic (exact) mass is 481 g/mol. The molecule has 0 aliphatic carbocycles. The molecule has 1 aliphatic heterocycles. The van der Waals surface area contributed by atoms with Crippen molar-refractivity contribution in [3.63, 3.8) is 0 Å². The Bertz CT molecular complexity index is 1270. The molecule has 1 amide bonds. The van der Waals surface area contributed by atoms with Crippen LogP contribution in [0, 0.1) is 5.82 Å². The van der Waals surface area contributed by atoms with Crippen molar-refractivity contribution in [3.8, 4) is 11.5 Å². The Kier molecular flexibility index (Phi) is 6.56. The number of phenols is 1. The quantitative estimate of drug-likeness (QED) is 0.298. The lowest BCUT2D eigenvalue weighted by Gasteiger charge is -2.25. The smallest absolute Gasteiger partial charge is 0.295 e. The van der Waals surface area contributed by atoms with Crippen molar-refractivity contribution in [1.82, 2.24) is 4.90 Å². The number of hydrogen-bond donors (Lipinski definition) is 2. The molecule has 174 valence electrons. The predicted molar refractivity (Wildman–Crippen MR) is 125 cm³/mol. The summed E-state index contributed by atoms with van der Waals surface area (Å²) in [5.41, 5.74) is 1.19. The molecular weight excluding hydrogens is 461 g/mol. The van der Waals surface area contributed by atoms with Gasteiger partial charge in [-0.2, -0.15) is 0 Å². The van der Waals surface area contributed by atoms with Gasteiger partial charge in [0.2, 0.25) is 0 Å². The van der Waals surface area contributed by atoms with Crippen molar-refractivity contribution in [2.45, 2.75) is 12.5 Å². The molecule has 34 heavy (non-hydrogen) atoms. The predicted octanol–water partition coefficient (Wildman–Crippen LogP) is 4.86. The number of ketones is 1. The van der Waals surface area contributed by atoms with Crippen molar-refractivity contribution >= 4 is 29.1 Å². The maximum absolute atomic E-state index is 14.0. The molecule has 1 unspecified atom stereocenters. The number of Topliss-reactive ketones (excluding diaryl/α,β-unsaturated/α-hetero) is 1. The number of aliphatic hydroxyl groups is 1. The number of amides is 1. The van der Waals surface area contributed by atoms with Gasteiger partial charge in [-0.15, -0.1) is 0 Å². The average molecular weight is 482 g/mol. The fraction of sp³-hybridized carbons (Fsp3) is 0.154. The first kappa shape index (κ1) is 23.3. The Balaban J connectivity index is 1.81. The Morgan fingerprint density at radius 2 is 1.74 bits per heavy atom. The van der Waals surface area contributed by atoms with E-state index in [1.807, 2.05) is 12.1 Å². The van der Waals surface area contributed by atoms with E-state index >= 15 is 0 Å². The summed E-state index contributed by atoms with van der Waals surface area (Å²) >= 11 is 5.94. The molecular formula is C26H21ClFNO5. The Morgan fingerprint density at radius 1 is 1.06 bits per heavy atom. The summed E-state index contributed by atoms with van der Waals surface area (Å²) in [7, 11) is 1.35. The first-order valence-electron chi connectivity index (χ1n) is 10.5. The molecule has 8 heteroatoms. The number of ether oxygens (including phenoxy) is 1. The SMILES string of the molecule is COc1ccc(F)cc1/C(O)=C1\C(=O)C(=O)N(CCc2ccc(Cl)cc2)C1c1ccc(O)cc1. The van der Waals surface area contributed by atoms with Crippen LogP contribution in [0.15, 0.2) is 72.3 Å². The number of phenolic OH excluding ortho intramolecular Hbond substituents is 1. The van der Waals surface area contributed by atoms with Gasteiger partial charge < -0.3 is 19.8 Å². The maximum Gasteiger partial charge on any atom is 0.295 e. The van der Waals surface area contributed by atoms with Crippen molar-refractivity contribution < 1.29 is 28.9 Å². The number of methoxy groups -OCH3 is 1. The minimum absolute atomic E-state index is 0.00802. The molecule has 3 aromatic carbocycles. The van der Waals surface area contributed by atoms with Crippen molar-refractivity contribution in [1.29, 1.82) is 0 Å². The van der Waals surface area contributed by atoms with Crippen molar-refractivity contribution in [3.05, 3.63) is 99.8 Å². The summed E-state index contributed by atoms with van der Waals surface area (Å²) in [4.78, 5) is 27.5. The topological polar surface area (TPSA) is 87.1 Å². The highest BCUT2D eigenvalue weighted by Crippen LogP contribution is 2.41. The fourth-order valence-corrected chi connectivity index (χ4v) is 4.15. The van der Waals surface area contributed by atoms with Crippen LogP contribution in [0.3, 0.4) is 0 Å². The number of aliphatic hydroxyl groups excluding tert-OH is 1. The minimum Gasteiger partial charge on any atom is -0.508 e. The maximum atomic E-state index is 14.0. The summed E-state index contributed by atoms with van der Waals surface area (Å²) in [6.45, 7) is 0.175. The molecule has 1 atom stereocenters. The molecule has 0 aromatic heterocycles. The molecule has 0 radical (unpaired) electrons. The van der Waals surface area contributed by atoms with Gasteiger partial charge in [0, 0.05) is 11.6 Å². The summed E-state index contributed by atoms with van der Waals surface area (Å²) in [6, 6.07) is 15.7. The lowest BCUT2D eigenvalue weighted by atomic mass is 9.94. The molecule has 1 fully saturated rings. The molecule has 3 aromatic rings. The largest absolute Gasteiger partial charge is 0.508 e. The molecule has 4 rings (SSSR count). The molecule has 6 nitrogen and oxygen atoms in total. The Morgan fingerprint density at radius 3 is 2.38 bits per heavy atom. The number of aromatic hydroxyl groups is 1. The van der Waals surface area contributed by atoms with Crippen LogP contribution in [-0.4, -0.2) is 40.5 Å². The van der Waals surface area contributed by atoms with Crippen LogP contribution in [-0.2, 0) is 16.0 Å². The van der Waals surface area contributed by atoms with Gasteiger partial charge in [0.05, 0.1) is 24.3 Å². The highest BCUT2D eigenvalue weighted by molar-refractivity contribution is 6.46. The summed E-state index contributed by atoms with van der Waals surface area (Å²) in [5, 5.41) is 21.4. The van der Waals surface area contributed by atoms with Crippen molar-refractivity contribution in [2.24, 2.45) is 0 Å². The molecule has 0 spiro atoms. The molecule has 1 saturated heterocycles. The van der Waals surface area contributed by atoms with E-state index in [2.05, 4.69) is 0 Å². The third-order valence-corrected chi connectivity index (χ3v) is 5.97. The van der Waals surface area contributed by atoms with Gasteiger partial charge in [0.15, 0.2) is 0 Å². The van der Waals surface area contributed by atoms with Crippen LogP contribution in [0.25, 0.3) is 5.76 Å². The van der Waals surface area contributed by atoms with Gasteiger partial charge in [-0.3, -0.25) is 9.59 Å². The fourth-order valence-electron chi connectivity index (χ4n) is 4.02. The second-order valence-corrected chi connectivity index (χ2v) is 8.24. The third-order valence-electron chi connectivity index (χ3n) is 5.72. The standard InChI is InChI=1S/C26H21ClFNO5/c1-34-21-11-8-18(28)14-20(21)24(31)22-23(16-4-9-19(30)10-5-16)29(26(33)25(22)32)13-12-15-2-6-17(27)7-3-15/h2-11,14,23,30-31H,12-13H2,1H3/b24-22+. The molecule has 2 N–H and O–H groups in total. The lowest BCUT2D eigenvalue weighted by molar-refractivity contribution is -0.139. The van der Waals surface area contributed by atoms with E-state index < -0.39 is 29.3 Å². The highest BCUT2D eigenvalue weighted by atomic mass is 35.5. The van der Waals surface area contributed by atoms with Crippen LogP contribution in [0.1, 0.15) is 22.7 Å². The zero-order valence-corrected chi connectivity index (χ0v) is 18.9. The van der Waals surface area contributed by atoms with E-state index in [1.54, 1.807) is 24.3 Å². The number of benzene rings is 3. The van der Waals surface area contributed by atoms with E-state index in [0.29, 0.717) is 17.0 Å². The van der Waals surface area contributed by atoms with E-state index in [4.69, 9.17) is 16.3 Å². The first-order valence-corrected chi connectivity index (χ1v) is 10.8. The normalized spacial score (nSPS) is 17.3. The molecule has 1 aliphatic rings. The number of carbonyl (C=O) groups excluding carboxylic acids is 2. The molecule has 1 heterocycles. The van der Waals surface area contributed by atoms with Gasteiger partial charge in [-0.05, 0) is 60.0 Å². The zero-order valence-electron chi connectivity index (χ0n) is 18.2. The number of carbonyl (C=O) groups is 2. The minimum atomic E-state index is -0.944. The summed E-state index contributed by atoms with van der Waals surface area (Å²) < 4.78 is 19.2. The van der Waals surface area contributed by atoms with E-state index in [0.717, 1.165) is 17.7 Å². The highest BCUT2D eigenvalue weighted by Gasteiger charge is 2.46. The average Bonchev–Trinajstić information content (AvgIpc) is 3.08. The van der Waals surface area contributed by atoms with Gasteiger partial charge in [0.25, 0.3) is 11.7 Å². The van der Waals surface area contributed by atoms with Crippen LogP contribution in [0.5, 0.6) is 11.5 Å². The Hall–Kier alpha value is -3.84. The number of rotatable bonds is 6. The number of likely N-dealkylation sites (tertiary alicyclic amines) is 1. The van der Waals surface area contributed by atoms with Gasteiger partial charge in [0.1, 0.15) is 23.1 Å². The number of hydrogen-bond acceptors (Lipinski definition) is 5. The Labute approximate surface area is 200 Å². The van der Waals surface area contributed by atoms with E-state index in [-0.39, 0.29) is 29.2 Å². The van der Waals surface area contributed by atoms with Gasteiger partial charge >= 0.3 is 0 Å². The van der Waals surface area contributed by atoms with Crippen LogP contribution in [0.4, 0.5) is 4.39 Å². The summed E-state index contributed by atoms with van der Waals surface area (Å²) in [5.74, 6) is -2.70. The lowest BCUT2D eigenvalue weighted by Crippen LogP contribution is -2.31. The number of nitrogens with zero attached hydrogens (tertiary/aromatic N) is 1. The van der Waals surface area contributed by atoms with E-state index in [1.165, 1.54) is 30.2 Å². The van der Waals surface area contributed by atoms with Gasteiger partial charge in [-0.25, -0.2) is 4.39 Å². The zero-order chi connectivity index (χ0) is 24.4. The summed E-state index contributed by atoms with van der Waals surface area (Å²) in [6.07, 6.45) is 0.433. The van der Waals surface area contributed by atoms with Crippen LogP contribution in [0.2, 0.25) is 5.02 Å². The van der Waals surface area contributed by atoms with E-state index in [9.17, 15) is 24.2 Å². The second kappa shape index (κ2) is 9.57. The first-order chi connectivity index (χ1) is 16.3. The molecule has 0 bridgehead atoms.